The molecule has 7 heteroatoms. The van der Waals surface area contributed by atoms with E-state index in [1.54, 1.807) is 13.8 Å². The lowest BCUT2D eigenvalue weighted by molar-refractivity contribution is 0.150. The van der Waals surface area contributed by atoms with E-state index in [1.807, 2.05) is 0 Å². The molecule has 0 radical (unpaired) electrons. The first-order valence-corrected chi connectivity index (χ1v) is 6.06. The molecule has 0 aliphatic carbocycles. The number of aromatic nitrogens is 1. The molecule has 1 N–H and O–H groups in total. The van der Waals surface area contributed by atoms with Crippen LogP contribution < -0.4 is 4.90 Å². The number of β-amino-alcohol motifs (C(OH)–C–C–N with tert-alkyl or cyclic N) is 1. The summed E-state index contributed by atoms with van der Waals surface area (Å²) in [6.45, 7) is 3.46. The third kappa shape index (κ3) is 1.94. The van der Waals surface area contributed by atoms with E-state index in [0.29, 0.717) is 11.3 Å². The van der Waals surface area contributed by atoms with Gasteiger partial charge in [-0.05, 0) is 13.8 Å². The number of carbonyl (C=O) groups is 1. The summed E-state index contributed by atoms with van der Waals surface area (Å²) in [6, 6.07) is -0.472. The molecule has 1 aliphatic heterocycles. The molecule has 1 unspecified atom stereocenters. The SMILES string of the molecule is C#CC(C)(C)N1CC(O)N(c2ncc(F)s2)C1=O. The van der Waals surface area contributed by atoms with Crippen molar-refractivity contribution in [3.63, 3.8) is 0 Å². The molecule has 1 aromatic rings. The number of terminal acetylenes is 1. The van der Waals surface area contributed by atoms with Gasteiger partial charge in [-0.3, -0.25) is 0 Å². The number of thiazole rings is 1. The van der Waals surface area contributed by atoms with Gasteiger partial charge in [-0.1, -0.05) is 17.3 Å². The fourth-order valence-electron chi connectivity index (χ4n) is 1.69. The zero-order valence-electron chi connectivity index (χ0n) is 9.92. The molecule has 1 atom stereocenters. The zero-order chi connectivity index (χ0) is 13.5. The minimum absolute atomic E-state index is 0.0667. The Kier molecular flexibility index (Phi) is 3.00. The summed E-state index contributed by atoms with van der Waals surface area (Å²) in [7, 11) is 0. The van der Waals surface area contributed by atoms with Crippen molar-refractivity contribution >= 4 is 22.5 Å². The van der Waals surface area contributed by atoms with E-state index < -0.39 is 22.9 Å². The van der Waals surface area contributed by atoms with E-state index in [-0.39, 0.29) is 11.7 Å². The van der Waals surface area contributed by atoms with E-state index in [0.717, 1.165) is 11.1 Å². The van der Waals surface area contributed by atoms with Crippen LogP contribution >= 0.6 is 11.3 Å². The normalized spacial score (nSPS) is 20.4. The van der Waals surface area contributed by atoms with Crippen molar-refractivity contribution in [2.24, 2.45) is 0 Å². The monoisotopic (exact) mass is 269 g/mol. The van der Waals surface area contributed by atoms with Crippen LogP contribution in [0.15, 0.2) is 6.20 Å². The van der Waals surface area contributed by atoms with Gasteiger partial charge in [0.05, 0.1) is 18.3 Å². The second-order valence-corrected chi connectivity index (χ2v) is 5.35. The Labute approximate surface area is 108 Å². The number of amides is 2. The van der Waals surface area contributed by atoms with Crippen LogP contribution in [0.2, 0.25) is 0 Å². The van der Waals surface area contributed by atoms with Gasteiger partial charge in [-0.25, -0.2) is 14.7 Å². The van der Waals surface area contributed by atoms with Crippen LogP contribution in [-0.2, 0) is 0 Å². The number of rotatable bonds is 2. The molecule has 0 bridgehead atoms. The zero-order valence-corrected chi connectivity index (χ0v) is 10.7. The van der Waals surface area contributed by atoms with Crippen molar-refractivity contribution in [3.05, 3.63) is 11.3 Å². The number of nitrogens with zero attached hydrogens (tertiary/aromatic N) is 3. The van der Waals surface area contributed by atoms with Crippen molar-refractivity contribution in [1.82, 2.24) is 9.88 Å². The first-order valence-electron chi connectivity index (χ1n) is 5.25. The summed E-state index contributed by atoms with van der Waals surface area (Å²) in [4.78, 5) is 18.3. The third-order valence-electron chi connectivity index (χ3n) is 2.78. The smallest absolute Gasteiger partial charge is 0.329 e. The fourth-order valence-corrected chi connectivity index (χ4v) is 2.38. The second-order valence-electron chi connectivity index (χ2n) is 4.39. The quantitative estimate of drug-likeness (QED) is 0.822. The lowest BCUT2D eigenvalue weighted by Gasteiger charge is -2.29. The summed E-state index contributed by atoms with van der Waals surface area (Å²) >= 11 is 0.702. The predicted molar refractivity (Wildman–Crippen MR) is 65.6 cm³/mol. The first-order chi connectivity index (χ1) is 8.36. The minimum Gasteiger partial charge on any atom is -0.371 e. The lowest BCUT2D eigenvalue weighted by Crippen LogP contribution is -2.45. The molecular weight excluding hydrogens is 257 g/mol. The van der Waals surface area contributed by atoms with Gasteiger partial charge in [0, 0.05) is 0 Å². The van der Waals surface area contributed by atoms with Crippen LogP contribution in [0, 0.1) is 17.5 Å². The summed E-state index contributed by atoms with van der Waals surface area (Å²) in [5.74, 6) is 2.49. The van der Waals surface area contributed by atoms with Crippen molar-refractivity contribution in [1.29, 1.82) is 0 Å². The van der Waals surface area contributed by atoms with E-state index >= 15 is 0 Å². The van der Waals surface area contributed by atoms with E-state index in [1.165, 1.54) is 4.90 Å². The van der Waals surface area contributed by atoms with Gasteiger partial charge in [0.25, 0.3) is 0 Å². The molecular formula is C11H12FN3O2S. The van der Waals surface area contributed by atoms with Crippen molar-refractivity contribution in [2.75, 3.05) is 11.4 Å². The molecule has 0 aromatic carbocycles. The van der Waals surface area contributed by atoms with Crippen LogP contribution in [0.25, 0.3) is 0 Å². The van der Waals surface area contributed by atoms with Crippen LogP contribution in [0.1, 0.15) is 13.8 Å². The number of carbonyl (C=O) groups excluding carboxylic acids is 1. The highest BCUT2D eigenvalue weighted by Gasteiger charge is 2.44. The van der Waals surface area contributed by atoms with Gasteiger partial charge in [0.1, 0.15) is 0 Å². The van der Waals surface area contributed by atoms with Crippen LogP contribution in [0.4, 0.5) is 14.3 Å². The third-order valence-corrected chi connectivity index (χ3v) is 3.57. The number of aliphatic hydroxyl groups excluding tert-OH is 1. The Bertz CT molecular complexity index is 523. The maximum absolute atomic E-state index is 12.9. The van der Waals surface area contributed by atoms with E-state index in [2.05, 4.69) is 10.9 Å². The first kappa shape index (κ1) is 12.8. The van der Waals surface area contributed by atoms with Crippen molar-refractivity contribution in [2.45, 2.75) is 25.6 Å². The van der Waals surface area contributed by atoms with Gasteiger partial charge in [-0.15, -0.1) is 6.42 Å². The molecule has 2 rings (SSSR count). The van der Waals surface area contributed by atoms with Gasteiger partial charge in [-0.2, -0.15) is 4.39 Å². The van der Waals surface area contributed by atoms with E-state index in [4.69, 9.17) is 6.42 Å². The molecule has 0 spiro atoms. The number of urea groups is 1. The van der Waals surface area contributed by atoms with Crippen LogP contribution in [0.5, 0.6) is 0 Å². The maximum Gasteiger partial charge on any atom is 0.329 e. The number of hydrogen-bond donors (Lipinski definition) is 1. The molecule has 2 amide bonds. The number of halogens is 1. The lowest BCUT2D eigenvalue weighted by atomic mass is 10.1. The van der Waals surface area contributed by atoms with Gasteiger partial charge >= 0.3 is 6.03 Å². The molecule has 5 nitrogen and oxygen atoms in total. The number of anilines is 1. The number of hydrogen-bond acceptors (Lipinski definition) is 4. The molecule has 2 heterocycles. The molecule has 1 saturated heterocycles. The Morgan fingerprint density at radius 1 is 1.72 bits per heavy atom. The molecule has 0 saturated carbocycles. The molecule has 1 fully saturated rings. The standard InChI is InChI=1S/C11H12FN3O2S/c1-4-11(2,3)14-6-8(16)15(10(14)17)9-13-5-7(12)18-9/h1,5,8,16H,6H2,2-3H3. The van der Waals surface area contributed by atoms with Crippen molar-refractivity contribution < 1.29 is 14.3 Å². The Morgan fingerprint density at radius 2 is 2.39 bits per heavy atom. The van der Waals surface area contributed by atoms with E-state index in [9.17, 15) is 14.3 Å². The minimum atomic E-state index is -1.07. The number of aliphatic hydroxyl groups is 1. The summed E-state index contributed by atoms with van der Waals surface area (Å²) in [5, 5.41) is 9.50. The maximum atomic E-state index is 12.9. The molecule has 1 aliphatic rings. The van der Waals surface area contributed by atoms with Gasteiger partial charge in [0.2, 0.25) is 0 Å². The molecule has 96 valence electrons. The average molecular weight is 269 g/mol. The predicted octanol–water partition coefficient (Wildman–Crippen LogP) is 1.25. The second kappa shape index (κ2) is 4.23. The molecule has 18 heavy (non-hydrogen) atoms. The van der Waals surface area contributed by atoms with Crippen molar-refractivity contribution in [3.8, 4) is 12.3 Å². The van der Waals surface area contributed by atoms with Gasteiger partial charge < -0.3 is 10.0 Å². The highest BCUT2D eigenvalue weighted by molar-refractivity contribution is 7.14. The van der Waals surface area contributed by atoms with Crippen LogP contribution in [-0.4, -0.2) is 39.3 Å². The Balaban J connectivity index is 2.31. The molecule has 1 aromatic heterocycles. The summed E-state index contributed by atoms with van der Waals surface area (Å²) in [5.41, 5.74) is -0.817. The fraction of sp³-hybridized carbons (Fsp3) is 0.455. The highest BCUT2D eigenvalue weighted by Crippen LogP contribution is 2.30. The highest BCUT2D eigenvalue weighted by atomic mass is 32.1. The largest absolute Gasteiger partial charge is 0.371 e. The summed E-state index contributed by atoms with van der Waals surface area (Å²) < 4.78 is 12.9. The Morgan fingerprint density at radius 3 is 2.89 bits per heavy atom. The van der Waals surface area contributed by atoms with Gasteiger partial charge in [0.15, 0.2) is 16.5 Å². The topological polar surface area (TPSA) is 56.7 Å². The van der Waals surface area contributed by atoms with Crippen LogP contribution in [0.3, 0.4) is 0 Å². The average Bonchev–Trinajstić information content (AvgIpc) is 2.83. The Hall–Kier alpha value is -1.65. The summed E-state index contributed by atoms with van der Waals surface area (Å²) in [6.07, 6.45) is 5.30.